The van der Waals surface area contributed by atoms with Crippen LogP contribution in [0.5, 0.6) is 0 Å². The average molecular weight is 421 g/mol. The largest absolute Gasteiger partial charge is 0.388 e. The summed E-state index contributed by atoms with van der Waals surface area (Å²) < 4.78 is 48.8. The number of rotatable bonds is 4. The fourth-order valence-corrected chi connectivity index (χ4v) is 4.95. The van der Waals surface area contributed by atoms with E-state index in [4.69, 9.17) is 4.74 Å². The van der Waals surface area contributed by atoms with Crippen LogP contribution >= 0.6 is 0 Å². The third-order valence-corrected chi connectivity index (χ3v) is 7.00. The van der Waals surface area contributed by atoms with Gasteiger partial charge in [0.2, 0.25) is 0 Å². The predicted molar refractivity (Wildman–Crippen MR) is 103 cm³/mol. The predicted octanol–water partition coefficient (Wildman–Crippen LogP) is 3.55. The van der Waals surface area contributed by atoms with Gasteiger partial charge in [-0.3, -0.25) is 9.58 Å². The first kappa shape index (κ1) is 20.0. The van der Waals surface area contributed by atoms with E-state index >= 15 is 0 Å². The Morgan fingerprint density at radius 3 is 2.57 bits per heavy atom. The van der Waals surface area contributed by atoms with Crippen LogP contribution in [-0.4, -0.2) is 38.0 Å². The topological polar surface area (TPSA) is 50.5 Å². The third kappa shape index (κ3) is 3.44. The van der Waals surface area contributed by atoms with Crippen LogP contribution in [0.25, 0.3) is 0 Å². The molecule has 2 aromatic rings. The number of aromatic nitrogens is 2. The van der Waals surface area contributed by atoms with E-state index in [9.17, 15) is 18.3 Å². The third-order valence-electron chi connectivity index (χ3n) is 7.00. The fourth-order valence-electron chi connectivity index (χ4n) is 4.95. The van der Waals surface area contributed by atoms with Gasteiger partial charge >= 0.3 is 0 Å². The molecule has 5 nitrogen and oxygen atoms in total. The minimum absolute atomic E-state index is 0.0402. The van der Waals surface area contributed by atoms with E-state index < -0.39 is 29.2 Å². The number of halogens is 3. The van der Waals surface area contributed by atoms with Crippen molar-refractivity contribution in [3.05, 3.63) is 52.6 Å². The van der Waals surface area contributed by atoms with E-state index in [1.165, 1.54) is 0 Å². The maximum atomic E-state index is 14.2. The van der Waals surface area contributed by atoms with Gasteiger partial charge in [0.15, 0.2) is 11.6 Å². The van der Waals surface area contributed by atoms with Gasteiger partial charge in [-0.15, -0.1) is 0 Å². The zero-order chi connectivity index (χ0) is 21.2. The minimum Gasteiger partial charge on any atom is -0.388 e. The summed E-state index contributed by atoms with van der Waals surface area (Å²) in [6.45, 7) is 6.39. The van der Waals surface area contributed by atoms with Crippen LogP contribution in [0.1, 0.15) is 49.6 Å². The summed E-state index contributed by atoms with van der Waals surface area (Å²) in [5.41, 5.74) is 1.64. The highest BCUT2D eigenvalue weighted by Gasteiger charge is 2.50. The average Bonchev–Trinajstić information content (AvgIpc) is 2.99. The zero-order valence-electron chi connectivity index (χ0n) is 17.1. The van der Waals surface area contributed by atoms with Gasteiger partial charge in [-0.25, -0.2) is 13.2 Å². The summed E-state index contributed by atoms with van der Waals surface area (Å²) >= 11 is 0. The lowest BCUT2D eigenvalue weighted by Crippen LogP contribution is -2.42. The number of nitrogens with zero attached hydrogens (tertiary/aromatic N) is 3. The summed E-state index contributed by atoms with van der Waals surface area (Å²) in [4.78, 5) is 2.30. The number of fused-ring (bicyclic) bond motifs is 1. The lowest BCUT2D eigenvalue weighted by Gasteiger charge is -2.39. The molecule has 30 heavy (non-hydrogen) atoms. The van der Waals surface area contributed by atoms with Crippen LogP contribution in [0.2, 0.25) is 0 Å². The highest BCUT2D eigenvalue weighted by atomic mass is 19.2. The molecule has 1 aromatic heterocycles. The molecule has 1 aromatic carbocycles. The first-order valence-corrected chi connectivity index (χ1v) is 10.5. The molecule has 2 fully saturated rings. The molecule has 1 saturated carbocycles. The Balaban J connectivity index is 1.22. The Labute approximate surface area is 173 Å². The molecule has 0 bridgehead atoms. The Bertz CT molecular complexity index is 957. The smallest absolute Gasteiger partial charge is 0.161 e. The fraction of sp³-hybridized carbons (Fsp3) is 0.591. The van der Waals surface area contributed by atoms with Crippen molar-refractivity contribution in [2.45, 2.75) is 64.1 Å². The first-order valence-electron chi connectivity index (χ1n) is 10.5. The Hall–Kier alpha value is -1.90. The molecule has 162 valence electrons. The van der Waals surface area contributed by atoms with Crippen molar-refractivity contribution in [2.75, 3.05) is 6.61 Å². The second-order valence-corrected chi connectivity index (χ2v) is 9.32. The lowest BCUT2D eigenvalue weighted by molar-refractivity contribution is -0.0724. The molecular formula is C22H26F3N3O2. The highest BCUT2D eigenvalue weighted by molar-refractivity contribution is 5.25. The molecule has 1 unspecified atom stereocenters. The molecule has 3 heterocycles. The van der Waals surface area contributed by atoms with Crippen LogP contribution in [-0.2, 0) is 24.4 Å². The lowest BCUT2D eigenvalue weighted by atomic mass is 9.88. The van der Waals surface area contributed by atoms with Crippen molar-refractivity contribution >= 4 is 0 Å². The van der Waals surface area contributed by atoms with Gasteiger partial charge in [-0.1, -0.05) is 13.8 Å². The molecule has 1 saturated heterocycles. The summed E-state index contributed by atoms with van der Waals surface area (Å²) in [6.07, 6.45) is 3.02. The Kier molecular flexibility index (Phi) is 4.72. The zero-order valence-corrected chi connectivity index (χ0v) is 17.1. The van der Waals surface area contributed by atoms with Crippen LogP contribution in [0.15, 0.2) is 18.3 Å². The molecule has 5 rings (SSSR count). The van der Waals surface area contributed by atoms with Crippen molar-refractivity contribution in [3.8, 4) is 0 Å². The Morgan fingerprint density at radius 2 is 1.90 bits per heavy atom. The quantitative estimate of drug-likeness (QED) is 0.768. The molecule has 5 atom stereocenters. The maximum absolute atomic E-state index is 14.2. The molecule has 1 aliphatic carbocycles. The SMILES string of the molecule is C[C@@H]1CC1(O)Cn1cc2c(n1)CN([C@H]1CO[C@H](c3cc(F)c(F)cc3F)[C@@H](C)C1)C2. The minimum atomic E-state index is -1.19. The molecule has 0 amide bonds. The second-order valence-electron chi connectivity index (χ2n) is 9.32. The van der Waals surface area contributed by atoms with Gasteiger partial charge in [0, 0.05) is 42.5 Å². The van der Waals surface area contributed by atoms with Crippen LogP contribution in [0.4, 0.5) is 13.2 Å². The number of aliphatic hydroxyl groups is 1. The molecule has 3 aliphatic rings. The van der Waals surface area contributed by atoms with Crippen molar-refractivity contribution in [1.29, 1.82) is 0 Å². The molecule has 1 N–H and O–H groups in total. The highest BCUT2D eigenvalue weighted by Crippen LogP contribution is 2.44. The standard InChI is InChI=1S/C22H26F3N3O2/c1-12-3-15(10-30-21(12)16-4-18(24)19(25)5-17(16)23)27-7-14-8-28(26-20(14)9-27)11-22(29)6-13(22)2/h4-5,8,12-13,15,21,29H,3,6-7,9-11H2,1-2H3/t12-,13+,15+,21-,22?/m0/s1. The van der Waals surface area contributed by atoms with Crippen molar-refractivity contribution < 1.29 is 23.0 Å². The normalized spacial score (nSPS) is 33.7. The van der Waals surface area contributed by atoms with E-state index in [2.05, 4.69) is 10.00 Å². The molecular weight excluding hydrogens is 395 g/mol. The Morgan fingerprint density at radius 1 is 1.17 bits per heavy atom. The van der Waals surface area contributed by atoms with E-state index in [0.29, 0.717) is 31.7 Å². The molecule has 8 heteroatoms. The van der Waals surface area contributed by atoms with E-state index in [0.717, 1.165) is 36.7 Å². The summed E-state index contributed by atoms with van der Waals surface area (Å²) in [5, 5.41) is 15.0. The van der Waals surface area contributed by atoms with Crippen LogP contribution < -0.4 is 0 Å². The number of hydrogen-bond acceptors (Lipinski definition) is 4. The second kappa shape index (κ2) is 7.07. The van der Waals surface area contributed by atoms with Gasteiger partial charge in [0.25, 0.3) is 0 Å². The molecule has 0 spiro atoms. The van der Waals surface area contributed by atoms with E-state index in [-0.39, 0.29) is 17.5 Å². The summed E-state index contributed by atoms with van der Waals surface area (Å²) in [7, 11) is 0. The summed E-state index contributed by atoms with van der Waals surface area (Å²) in [6, 6.07) is 1.65. The van der Waals surface area contributed by atoms with Crippen molar-refractivity contribution in [2.24, 2.45) is 11.8 Å². The number of hydrogen-bond donors (Lipinski definition) is 1. The van der Waals surface area contributed by atoms with E-state index in [1.807, 2.05) is 24.7 Å². The van der Waals surface area contributed by atoms with E-state index in [1.54, 1.807) is 0 Å². The summed E-state index contributed by atoms with van der Waals surface area (Å²) in [5.74, 6) is -2.74. The van der Waals surface area contributed by atoms with Gasteiger partial charge in [0.05, 0.1) is 30.6 Å². The van der Waals surface area contributed by atoms with Crippen LogP contribution in [0.3, 0.4) is 0 Å². The van der Waals surface area contributed by atoms with Gasteiger partial charge < -0.3 is 9.84 Å². The van der Waals surface area contributed by atoms with Crippen molar-refractivity contribution in [3.63, 3.8) is 0 Å². The monoisotopic (exact) mass is 421 g/mol. The van der Waals surface area contributed by atoms with Crippen LogP contribution in [0, 0.1) is 29.3 Å². The maximum Gasteiger partial charge on any atom is 0.161 e. The first-order chi connectivity index (χ1) is 14.2. The van der Waals surface area contributed by atoms with Crippen molar-refractivity contribution in [1.82, 2.24) is 14.7 Å². The number of benzene rings is 1. The van der Waals surface area contributed by atoms with Gasteiger partial charge in [0.1, 0.15) is 5.82 Å². The number of ether oxygens (including phenoxy) is 1. The molecule has 2 aliphatic heterocycles. The van der Waals surface area contributed by atoms with Gasteiger partial charge in [-0.2, -0.15) is 5.10 Å². The van der Waals surface area contributed by atoms with Gasteiger partial charge in [-0.05, 0) is 30.7 Å². The molecule has 0 radical (unpaired) electrons.